The summed E-state index contributed by atoms with van der Waals surface area (Å²) in [6.07, 6.45) is 2.36. The number of methoxy groups -OCH3 is 1. The number of benzene rings is 1. The second-order valence-corrected chi connectivity index (χ2v) is 4.59. The van der Waals surface area contributed by atoms with Crippen LogP contribution in [0.4, 0.5) is 0 Å². The number of esters is 1. The van der Waals surface area contributed by atoms with Crippen LogP contribution >= 0.6 is 0 Å². The van der Waals surface area contributed by atoms with Gasteiger partial charge in [-0.15, -0.1) is 0 Å². The van der Waals surface area contributed by atoms with Gasteiger partial charge >= 0.3 is 5.97 Å². The predicted octanol–water partition coefficient (Wildman–Crippen LogP) is 3.27. The number of hydrogen-bond donors (Lipinski definition) is 1. The average molecular weight is 263 g/mol. The number of ether oxygens (including phenoxy) is 1. The fraction of sp³-hybridized carbons (Fsp3) is 0.562. The van der Waals surface area contributed by atoms with Crippen LogP contribution in [0.2, 0.25) is 0 Å². The fourth-order valence-corrected chi connectivity index (χ4v) is 2.51. The van der Waals surface area contributed by atoms with E-state index in [2.05, 4.69) is 18.3 Å². The average Bonchev–Trinajstić information content (AvgIpc) is 2.49. The van der Waals surface area contributed by atoms with Crippen molar-refractivity contribution >= 4 is 5.97 Å². The third kappa shape index (κ3) is 4.06. The molecule has 2 rings (SSSR count). The largest absolute Gasteiger partial charge is 0.465 e. The van der Waals surface area contributed by atoms with Gasteiger partial charge in [0, 0.05) is 0 Å². The smallest absolute Gasteiger partial charge is 0.337 e. The van der Waals surface area contributed by atoms with Gasteiger partial charge in [-0.3, -0.25) is 0 Å². The summed E-state index contributed by atoms with van der Waals surface area (Å²) in [5.41, 5.74) is 3.21. The number of hydrogen-bond acceptors (Lipinski definition) is 3. The van der Waals surface area contributed by atoms with Gasteiger partial charge < -0.3 is 10.1 Å². The van der Waals surface area contributed by atoms with Gasteiger partial charge in [-0.25, -0.2) is 4.79 Å². The topological polar surface area (TPSA) is 38.3 Å². The molecule has 106 valence electrons. The molecule has 0 radical (unpaired) electrons. The molecule has 0 atom stereocenters. The van der Waals surface area contributed by atoms with Gasteiger partial charge in [-0.1, -0.05) is 19.9 Å². The van der Waals surface area contributed by atoms with Crippen molar-refractivity contribution in [2.24, 2.45) is 0 Å². The molecular formula is C16H25NO2. The summed E-state index contributed by atoms with van der Waals surface area (Å²) in [6, 6.07) is 5.89. The second-order valence-electron chi connectivity index (χ2n) is 4.59. The number of piperidine rings is 1. The Morgan fingerprint density at radius 1 is 1.26 bits per heavy atom. The predicted molar refractivity (Wildman–Crippen MR) is 78.7 cm³/mol. The summed E-state index contributed by atoms with van der Waals surface area (Å²) in [4.78, 5) is 11.4. The molecule has 1 N–H and O–H groups in total. The summed E-state index contributed by atoms with van der Waals surface area (Å²) in [6.45, 7) is 8.25. The molecule has 1 aliphatic heterocycles. The molecule has 3 heteroatoms. The molecule has 0 amide bonds. The highest BCUT2D eigenvalue weighted by Crippen LogP contribution is 2.28. The Balaban J connectivity index is 0.000000861. The van der Waals surface area contributed by atoms with Crippen LogP contribution in [0.3, 0.4) is 0 Å². The van der Waals surface area contributed by atoms with E-state index >= 15 is 0 Å². The van der Waals surface area contributed by atoms with E-state index in [0.717, 1.165) is 13.1 Å². The van der Waals surface area contributed by atoms with Crippen LogP contribution in [-0.2, 0) is 4.74 Å². The maximum Gasteiger partial charge on any atom is 0.337 e. The van der Waals surface area contributed by atoms with Gasteiger partial charge in [0.05, 0.1) is 12.7 Å². The summed E-state index contributed by atoms with van der Waals surface area (Å²) in [7, 11) is 1.42. The van der Waals surface area contributed by atoms with E-state index in [4.69, 9.17) is 4.74 Å². The van der Waals surface area contributed by atoms with Gasteiger partial charge in [0.15, 0.2) is 0 Å². The standard InChI is InChI=1S/C14H19NO2.C2H6/c1-10-9-12(14(16)17-2)3-4-13(10)11-5-7-15-8-6-11;1-2/h3-4,9,11,15H,5-8H2,1-2H3;1-2H3. The SMILES string of the molecule is CC.COC(=O)c1ccc(C2CCNCC2)c(C)c1. The zero-order valence-electron chi connectivity index (χ0n) is 12.5. The minimum Gasteiger partial charge on any atom is -0.465 e. The third-order valence-electron chi connectivity index (χ3n) is 3.47. The zero-order valence-corrected chi connectivity index (χ0v) is 12.5. The molecule has 0 saturated carbocycles. The van der Waals surface area contributed by atoms with Crippen LogP contribution in [0.15, 0.2) is 18.2 Å². The summed E-state index contributed by atoms with van der Waals surface area (Å²) < 4.78 is 4.73. The van der Waals surface area contributed by atoms with Crippen molar-refractivity contribution in [2.75, 3.05) is 20.2 Å². The lowest BCUT2D eigenvalue weighted by Crippen LogP contribution is -2.27. The number of nitrogens with one attached hydrogen (secondary N) is 1. The maximum absolute atomic E-state index is 11.4. The van der Waals surface area contributed by atoms with E-state index < -0.39 is 0 Å². The van der Waals surface area contributed by atoms with Gasteiger partial charge in [0.2, 0.25) is 0 Å². The normalized spacial score (nSPS) is 15.4. The fourth-order valence-electron chi connectivity index (χ4n) is 2.51. The molecular weight excluding hydrogens is 238 g/mol. The Morgan fingerprint density at radius 2 is 1.89 bits per heavy atom. The number of rotatable bonds is 2. The molecule has 0 aliphatic carbocycles. The number of carbonyl (C=O) groups excluding carboxylic acids is 1. The highest BCUT2D eigenvalue weighted by molar-refractivity contribution is 5.89. The zero-order chi connectivity index (χ0) is 14.3. The first-order valence-corrected chi connectivity index (χ1v) is 7.12. The van der Waals surface area contributed by atoms with Crippen molar-refractivity contribution in [1.29, 1.82) is 0 Å². The maximum atomic E-state index is 11.4. The number of aryl methyl sites for hydroxylation is 1. The Bertz CT molecular complexity index is 409. The van der Waals surface area contributed by atoms with Crippen LogP contribution in [0, 0.1) is 6.92 Å². The van der Waals surface area contributed by atoms with Gasteiger partial charge in [0.1, 0.15) is 0 Å². The van der Waals surface area contributed by atoms with Crippen molar-refractivity contribution in [3.8, 4) is 0 Å². The molecule has 19 heavy (non-hydrogen) atoms. The highest BCUT2D eigenvalue weighted by Gasteiger charge is 2.17. The van der Waals surface area contributed by atoms with E-state index in [1.54, 1.807) is 0 Å². The van der Waals surface area contributed by atoms with E-state index in [9.17, 15) is 4.79 Å². The first kappa shape index (κ1) is 15.7. The van der Waals surface area contributed by atoms with Crippen molar-refractivity contribution in [2.45, 2.75) is 39.5 Å². The second kappa shape index (κ2) is 7.95. The van der Waals surface area contributed by atoms with E-state index in [1.807, 2.05) is 26.0 Å². The molecule has 1 aromatic rings. The molecule has 1 aromatic carbocycles. The lowest BCUT2D eigenvalue weighted by atomic mass is 9.87. The first-order valence-electron chi connectivity index (χ1n) is 7.12. The molecule has 3 nitrogen and oxygen atoms in total. The molecule has 0 unspecified atom stereocenters. The quantitative estimate of drug-likeness (QED) is 0.832. The van der Waals surface area contributed by atoms with Crippen molar-refractivity contribution in [3.63, 3.8) is 0 Å². The van der Waals surface area contributed by atoms with Crippen LogP contribution in [0.25, 0.3) is 0 Å². The van der Waals surface area contributed by atoms with E-state index in [-0.39, 0.29) is 5.97 Å². The minimum atomic E-state index is -0.259. The van der Waals surface area contributed by atoms with Gasteiger partial charge in [-0.05, 0) is 62.0 Å². The molecule has 0 aromatic heterocycles. The Kier molecular flexibility index (Phi) is 6.57. The highest BCUT2D eigenvalue weighted by atomic mass is 16.5. The molecule has 1 fully saturated rings. The lowest BCUT2D eigenvalue weighted by Gasteiger charge is -2.24. The van der Waals surface area contributed by atoms with Crippen molar-refractivity contribution in [3.05, 3.63) is 34.9 Å². The Morgan fingerprint density at radius 3 is 2.42 bits per heavy atom. The molecule has 1 saturated heterocycles. The Labute approximate surface area is 116 Å². The van der Waals surface area contributed by atoms with Crippen LogP contribution in [-0.4, -0.2) is 26.2 Å². The molecule has 0 bridgehead atoms. The lowest BCUT2D eigenvalue weighted by molar-refractivity contribution is 0.0600. The number of carbonyl (C=O) groups is 1. The molecule has 1 heterocycles. The van der Waals surface area contributed by atoms with E-state index in [1.165, 1.54) is 31.1 Å². The van der Waals surface area contributed by atoms with Crippen molar-refractivity contribution < 1.29 is 9.53 Å². The monoisotopic (exact) mass is 263 g/mol. The van der Waals surface area contributed by atoms with Gasteiger partial charge in [-0.2, -0.15) is 0 Å². The summed E-state index contributed by atoms with van der Waals surface area (Å²) in [5.74, 6) is 0.368. The van der Waals surface area contributed by atoms with E-state index in [0.29, 0.717) is 11.5 Å². The van der Waals surface area contributed by atoms with Crippen LogP contribution in [0.5, 0.6) is 0 Å². The van der Waals surface area contributed by atoms with Crippen molar-refractivity contribution in [1.82, 2.24) is 5.32 Å². The molecule has 1 aliphatic rings. The first-order chi connectivity index (χ1) is 9.22. The summed E-state index contributed by atoms with van der Waals surface area (Å²) in [5, 5.41) is 3.37. The molecule has 0 spiro atoms. The summed E-state index contributed by atoms with van der Waals surface area (Å²) >= 11 is 0. The van der Waals surface area contributed by atoms with Crippen LogP contribution < -0.4 is 5.32 Å². The van der Waals surface area contributed by atoms with Gasteiger partial charge in [0.25, 0.3) is 0 Å². The van der Waals surface area contributed by atoms with Crippen LogP contribution in [0.1, 0.15) is 54.1 Å². The Hall–Kier alpha value is -1.35. The third-order valence-corrected chi connectivity index (χ3v) is 3.47. The minimum absolute atomic E-state index is 0.259.